The van der Waals surface area contributed by atoms with E-state index in [1.807, 2.05) is 19.9 Å². The molecule has 0 radical (unpaired) electrons. The normalized spacial score (nSPS) is 16.7. The molecule has 7 heteroatoms. The van der Waals surface area contributed by atoms with E-state index in [1.54, 1.807) is 24.3 Å². The van der Waals surface area contributed by atoms with Crippen LogP contribution in [0.3, 0.4) is 0 Å². The summed E-state index contributed by atoms with van der Waals surface area (Å²) in [4.78, 5) is 38.7. The summed E-state index contributed by atoms with van der Waals surface area (Å²) in [7, 11) is 0. The van der Waals surface area contributed by atoms with Crippen molar-refractivity contribution in [2.24, 2.45) is 0 Å². The van der Waals surface area contributed by atoms with Gasteiger partial charge in [-0.05, 0) is 49.2 Å². The lowest BCUT2D eigenvalue weighted by Gasteiger charge is -2.27. The summed E-state index contributed by atoms with van der Waals surface area (Å²) in [5, 5.41) is 2.21. The zero-order valence-electron chi connectivity index (χ0n) is 12.9. The van der Waals surface area contributed by atoms with E-state index in [4.69, 9.17) is 11.6 Å². The van der Waals surface area contributed by atoms with Crippen molar-refractivity contribution in [2.45, 2.75) is 13.8 Å². The standard InChI is InChI=1S/C17H13ClN2O3S/c1-9-4-3-5-13(10(9)2)20-16(22)12(15(21)19-17(20)23)8-11-6-7-14(18)24-11/h3-8H,1-2H3,(H,19,21,23)/b12-8+. The highest BCUT2D eigenvalue weighted by Gasteiger charge is 2.37. The van der Waals surface area contributed by atoms with Gasteiger partial charge in [-0.25, -0.2) is 9.69 Å². The third-order valence-corrected chi connectivity index (χ3v) is 4.98. The molecule has 2 heterocycles. The second-order valence-electron chi connectivity index (χ2n) is 5.32. The second kappa shape index (κ2) is 6.22. The van der Waals surface area contributed by atoms with E-state index in [2.05, 4.69) is 5.32 Å². The fourth-order valence-electron chi connectivity index (χ4n) is 2.40. The molecule has 0 bridgehead atoms. The smallest absolute Gasteiger partial charge is 0.273 e. The van der Waals surface area contributed by atoms with Gasteiger partial charge in [-0.2, -0.15) is 0 Å². The number of barbiturate groups is 1. The SMILES string of the molecule is Cc1cccc(N2C(=O)NC(=O)/C(=C\c3ccc(Cl)s3)C2=O)c1C. The molecule has 122 valence electrons. The Hall–Kier alpha value is -2.44. The van der Waals surface area contributed by atoms with Crippen molar-refractivity contribution in [2.75, 3.05) is 4.90 Å². The highest BCUT2D eigenvalue weighted by Crippen LogP contribution is 2.28. The molecule has 2 aromatic rings. The predicted molar refractivity (Wildman–Crippen MR) is 94.2 cm³/mol. The molecule has 0 saturated carbocycles. The van der Waals surface area contributed by atoms with E-state index in [1.165, 1.54) is 17.4 Å². The summed E-state index contributed by atoms with van der Waals surface area (Å²) >= 11 is 7.12. The second-order valence-corrected chi connectivity index (χ2v) is 7.07. The number of imide groups is 2. The fourth-order valence-corrected chi connectivity index (χ4v) is 3.41. The van der Waals surface area contributed by atoms with Crippen molar-refractivity contribution in [1.82, 2.24) is 5.32 Å². The van der Waals surface area contributed by atoms with Crippen LogP contribution in [0.15, 0.2) is 35.9 Å². The number of aryl methyl sites for hydroxylation is 1. The van der Waals surface area contributed by atoms with Crippen molar-refractivity contribution in [3.63, 3.8) is 0 Å². The molecule has 1 aromatic carbocycles. The molecule has 0 unspecified atom stereocenters. The van der Waals surface area contributed by atoms with Crippen LogP contribution in [0.5, 0.6) is 0 Å². The zero-order chi connectivity index (χ0) is 17.4. The Kier molecular flexibility index (Phi) is 4.26. The molecule has 5 nitrogen and oxygen atoms in total. The average molecular weight is 361 g/mol. The van der Waals surface area contributed by atoms with Crippen LogP contribution in [-0.4, -0.2) is 17.8 Å². The third-order valence-electron chi connectivity index (χ3n) is 3.80. The first-order valence-corrected chi connectivity index (χ1v) is 8.31. The van der Waals surface area contributed by atoms with E-state index < -0.39 is 17.8 Å². The minimum absolute atomic E-state index is 0.103. The Morgan fingerprint density at radius 3 is 2.54 bits per heavy atom. The maximum Gasteiger partial charge on any atom is 0.335 e. The third kappa shape index (κ3) is 2.86. The molecule has 24 heavy (non-hydrogen) atoms. The summed E-state index contributed by atoms with van der Waals surface area (Å²) in [6.45, 7) is 3.71. The van der Waals surface area contributed by atoms with E-state index in [9.17, 15) is 14.4 Å². The molecule has 1 fully saturated rings. The van der Waals surface area contributed by atoms with Gasteiger partial charge >= 0.3 is 6.03 Å². The van der Waals surface area contributed by atoms with Crippen LogP contribution < -0.4 is 10.2 Å². The van der Waals surface area contributed by atoms with E-state index in [0.717, 1.165) is 16.0 Å². The summed E-state index contributed by atoms with van der Waals surface area (Å²) in [5.41, 5.74) is 2.10. The molecule has 3 rings (SSSR count). The molecule has 0 atom stereocenters. The first-order chi connectivity index (χ1) is 11.4. The summed E-state index contributed by atoms with van der Waals surface area (Å²) in [5.74, 6) is -1.36. The van der Waals surface area contributed by atoms with Crippen LogP contribution in [0.4, 0.5) is 10.5 Å². The average Bonchev–Trinajstić information content (AvgIpc) is 2.93. The van der Waals surface area contributed by atoms with Crippen molar-refractivity contribution in [3.05, 3.63) is 56.2 Å². The zero-order valence-corrected chi connectivity index (χ0v) is 14.5. The van der Waals surface area contributed by atoms with Gasteiger partial charge in [-0.3, -0.25) is 14.9 Å². The number of nitrogens with zero attached hydrogens (tertiary/aromatic N) is 1. The van der Waals surface area contributed by atoms with Gasteiger partial charge in [0.1, 0.15) is 5.57 Å². The van der Waals surface area contributed by atoms with E-state index in [-0.39, 0.29) is 5.57 Å². The number of halogens is 1. The maximum absolute atomic E-state index is 12.8. The number of carbonyl (C=O) groups is 3. The quantitative estimate of drug-likeness (QED) is 0.656. The summed E-state index contributed by atoms with van der Waals surface area (Å²) < 4.78 is 0.549. The van der Waals surface area contributed by atoms with Crippen molar-refractivity contribution < 1.29 is 14.4 Å². The number of urea groups is 1. The summed E-state index contributed by atoms with van der Waals surface area (Å²) in [6.07, 6.45) is 1.44. The molecular weight excluding hydrogens is 348 g/mol. The number of hydrogen-bond acceptors (Lipinski definition) is 4. The van der Waals surface area contributed by atoms with Gasteiger partial charge in [-0.15, -0.1) is 11.3 Å². The van der Waals surface area contributed by atoms with E-state index in [0.29, 0.717) is 14.9 Å². The largest absolute Gasteiger partial charge is 0.335 e. The lowest BCUT2D eigenvalue weighted by Crippen LogP contribution is -2.54. The monoisotopic (exact) mass is 360 g/mol. The Balaban J connectivity index is 2.06. The Bertz CT molecular complexity index is 901. The van der Waals surface area contributed by atoms with Gasteiger partial charge in [0.05, 0.1) is 10.0 Å². The van der Waals surface area contributed by atoms with Crippen LogP contribution in [0.1, 0.15) is 16.0 Å². The van der Waals surface area contributed by atoms with Crippen LogP contribution in [0, 0.1) is 13.8 Å². The molecule has 1 aliphatic rings. The number of anilines is 1. The maximum atomic E-state index is 12.8. The number of nitrogens with one attached hydrogen (secondary N) is 1. The first kappa shape index (κ1) is 16.4. The Labute approximate surface area is 147 Å². The van der Waals surface area contributed by atoms with Crippen LogP contribution in [0.2, 0.25) is 4.34 Å². The minimum atomic E-state index is -0.750. The van der Waals surface area contributed by atoms with Gasteiger partial charge in [0, 0.05) is 4.88 Å². The molecule has 4 amide bonds. The number of carbonyl (C=O) groups excluding carboxylic acids is 3. The molecule has 1 N–H and O–H groups in total. The van der Waals surface area contributed by atoms with Gasteiger partial charge < -0.3 is 0 Å². The predicted octanol–water partition coefficient (Wildman–Crippen LogP) is 3.68. The topological polar surface area (TPSA) is 66.5 Å². The van der Waals surface area contributed by atoms with Crippen LogP contribution >= 0.6 is 22.9 Å². The molecule has 1 aliphatic heterocycles. The summed E-state index contributed by atoms with van der Waals surface area (Å²) in [6, 6.07) is 7.96. The van der Waals surface area contributed by atoms with Gasteiger partial charge in [-0.1, -0.05) is 23.7 Å². The number of amides is 4. The number of rotatable bonds is 2. The van der Waals surface area contributed by atoms with Gasteiger partial charge in [0.25, 0.3) is 11.8 Å². The van der Waals surface area contributed by atoms with Gasteiger partial charge in [0.15, 0.2) is 0 Å². The van der Waals surface area contributed by atoms with Crippen LogP contribution in [0.25, 0.3) is 6.08 Å². The molecule has 0 spiro atoms. The number of hydrogen-bond donors (Lipinski definition) is 1. The van der Waals surface area contributed by atoms with E-state index >= 15 is 0 Å². The number of thiophene rings is 1. The lowest BCUT2D eigenvalue weighted by atomic mass is 10.0. The highest BCUT2D eigenvalue weighted by molar-refractivity contribution is 7.17. The highest BCUT2D eigenvalue weighted by atomic mass is 35.5. The lowest BCUT2D eigenvalue weighted by molar-refractivity contribution is -0.122. The Morgan fingerprint density at radius 1 is 1.12 bits per heavy atom. The van der Waals surface area contributed by atoms with Gasteiger partial charge in [0.2, 0.25) is 0 Å². The molecule has 1 aromatic heterocycles. The first-order valence-electron chi connectivity index (χ1n) is 7.11. The van der Waals surface area contributed by atoms with Crippen molar-refractivity contribution >= 4 is 52.5 Å². The van der Waals surface area contributed by atoms with Crippen LogP contribution in [-0.2, 0) is 9.59 Å². The van der Waals surface area contributed by atoms with Crippen molar-refractivity contribution in [3.8, 4) is 0 Å². The van der Waals surface area contributed by atoms with Crippen molar-refractivity contribution in [1.29, 1.82) is 0 Å². The fraction of sp³-hybridized carbons (Fsp3) is 0.118. The number of benzene rings is 1. The minimum Gasteiger partial charge on any atom is -0.273 e. The molecular formula is C17H13ClN2O3S. The molecule has 0 aliphatic carbocycles. The molecule has 1 saturated heterocycles. The Morgan fingerprint density at radius 2 is 1.88 bits per heavy atom.